The van der Waals surface area contributed by atoms with Gasteiger partial charge in [0.1, 0.15) is 5.75 Å². The molecule has 0 fully saturated rings. The molecule has 0 radical (unpaired) electrons. The van der Waals surface area contributed by atoms with Gasteiger partial charge in [-0.05, 0) is 43.7 Å². The van der Waals surface area contributed by atoms with Crippen molar-refractivity contribution in [1.82, 2.24) is 0 Å². The molecule has 2 aromatic carbocycles. The van der Waals surface area contributed by atoms with Crippen LogP contribution in [0.4, 0.5) is 11.4 Å². The van der Waals surface area contributed by atoms with Crippen molar-refractivity contribution in [3.05, 3.63) is 53.6 Å². The predicted octanol–water partition coefficient (Wildman–Crippen LogP) is 3.03. The number of carbonyl (C=O) groups excluding carboxylic acids is 2. The summed E-state index contributed by atoms with van der Waals surface area (Å²) in [5, 5.41) is 5.55. The lowest BCUT2D eigenvalue weighted by Crippen LogP contribution is -2.39. The Kier molecular flexibility index (Phi) is 4.02. The van der Waals surface area contributed by atoms with E-state index in [1.54, 1.807) is 6.07 Å². The third kappa shape index (κ3) is 3.51. The normalized spacial score (nSPS) is 16.1. The third-order valence-electron chi connectivity index (χ3n) is 3.66. The maximum absolute atomic E-state index is 12.1. The second-order valence-corrected chi connectivity index (χ2v) is 5.71. The minimum absolute atomic E-state index is 0.0347. The molecule has 2 aromatic rings. The lowest BCUT2D eigenvalue weighted by molar-refractivity contribution is -0.128. The first-order valence-corrected chi connectivity index (χ1v) is 7.46. The summed E-state index contributed by atoms with van der Waals surface area (Å²) in [5.74, 6) is 0.0232. The zero-order chi connectivity index (χ0) is 16.4. The highest BCUT2D eigenvalue weighted by Gasteiger charge is 2.29. The van der Waals surface area contributed by atoms with Crippen molar-refractivity contribution >= 4 is 23.2 Å². The van der Waals surface area contributed by atoms with Gasteiger partial charge in [0.2, 0.25) is 5.91 Å². The minimum Gasteiger partial charge on any atom is -0.478 e. The second kappa shape index (κ2) is 6.12. The number of carbonyl (C=O) groups is 2. The molecule has 23 heavy (non-hydrogen) atoms. The Morgan fingerprint density at radius 2 is 1.83 bits per heavy atom. The molecule has 0 spiro atoms. The molecule has 0 saturated carbocycles. The van der Waals surface area contributed by atoms with Gasteiger partial charge in [0.05, 0.1) is 12.1 Å². The summed E-state index contributed by atoms with van der Waals surface area (Å²) in [6, 6.07) is 13.0. The van der Waals surface area contributed by atoms with Crippen LogP contribution < -0.4 is 15.4 Å². The van der Waals surface area contributed by atoms with E-state index in [0.717, 1.165) is 11.1 Å². The molecule has 0 unspecified atom stereocenters. The molecule has 0 bridgehead atoms. The van der Waals surface area contributed by atoms with Gasteiger partial charge in [-0.15, -0.1) is 0 Å². The van der Waals surface area contributed by atoms with E-state index in [4.69, 9.17) is 4.74 Å². The Bertz CT molecular complexity index is 753. The van der Waals surface area contributed by atoms with Crippen molar-refractivity contribution < 1.29 is 14.3 Å². The SMILES string of the molecule is Cc1ccc(NC(=O)C[C@H]2Oc3ccc(C)cc3NC2=O)cc1. The molecule has 1 atom stereocenters. The van der Waals surface area contributed by atoms with Crippen LogP contribution >= 0.6 is 0 Å². The fourth-order valence-corrected chi connectivity index (χ4v) is 2.42. The molecule has 118 valence electrons. The Hall–Kier alpha value is -2.82. The number of fused-ring (bicyclic) bond motifs is 1. The van der Waals surface area contributed by atoms with Gasteiger partial charge in [-0.1, -0.05) is 23.8 Å². The molecular formula is C18H18N2O3. The smallest absolute Gasteiger partial charge is 0.266 e. The lowest BCUT2D eigenvalue weighted by Gasteiger charge is -2.25. The standard InChI is InChI=1S/C18H18N2O3/c1-11-3-6-13(7-4-11)19-17(21)10-16-18(22)20-14-9-12(2)5-8-15(14)23-16/h3-9,16H,10H2,1-2H3,(H,19,21)(H,20,22)/t16-/m1/s1. The lowest BCUT2D eigenvalue weighted by atomic mass is 10.1. The van der Waals surface area contributed by atoms with E-state index in [-0.39, 0.29) is 18.2 Å². The number of nitrogens with one attached hydrogen (secondary N) is 2. The molecule has 0 aromatic heterocycles. The predicted molar refractivity (Wildman–Crippen MR) is 88.7 cm³/mol. The van der Waals surface area contributed by atoms with Crippen molar-refractivity contribution in [2.24, 2.45) is 0 Å². The van der Waals surface area contributed by atoms with Crippen LogP contribution in [0.1, 0.15) is 17.5 Å². The number of hydrogen-bond acceptors (Lipinski definition) is 3. The summed E-state index contributed by atoms with van der Waals surface area (Å²) in [5.41, 5.74) is 3.49. The van der Waals surface area contributed by atoms with Crippen LogP contribution in [0, 0.1) is 13.8 Å². The third-order valence-corrected chi connectivity index (χ3v) is 3.66. The molecule has 0 aliphatic carbocycles. The molecule has 2 amide bonds. The quantitative estimate of drug-likeness (QED) is 0.915. The highest BCUT2D eigenvalue weighted by atomic mass is 16.5. The van der Waals surface area contributed by atoms with Gasteiger partial charge in [-0.3, -0.25) is 9.59 Å². The molecule has 5 nitrogen and oxygen atoms in total. The number of amides is 2. The van der Waals surface area contributed by atoms with E-state index >= 15 is 0 Å². The van der Waals surface area contributed by atoms with Crippen LogP contribution in [0.3, 0.4) is 0 Å². The monoisotopic (exact) mass is 310 g/mol. The second-order valence-electron chi connectivity index (χ2n) is 5.71. The van der Waals surface area contributed by atoms with E-state index < -0.39 is 6.10 Å². The first kappa shape index (κ1) is 15.1. The van der Waals surface area contributed by atoms with Crippen molar-refractivity contribution in [2.45, 2.75) is 26.4 Å². The highest BCUT2D eigenvalue weighted by molar-refractivity contribution is 6.02. The Morgan fingerprint density at radius 1 is 1.13 bits per heavy atom. The number of anilines is 2. The van der Waals surface area contributed by atoms with Crippen molar-refractivity contribution in [2.75, 3.05) is 10.6 Å². The first-order chi connectivity index (χ1) is 11.0. The Labute approximate surface area is 134 Å². The molecule has 5 heteroatoms. The summed E-state index contributed by atoms with van der Waals surface area (Å²) in [6.45, 7) is 3.92. The molecule has 1 aliphatic heterocycles. The van der Waals surface area contributed by atoms with E-state index in [0.29, 0.717) is 17.1 Å². The molecule has 2 N–H and O–H groups in total. The van der Waals surface area contributed by atoms with Gasteiger partial charge in [0, 0.05) is 5.69 Å². The van der Waals surface area contributed by atoms with Crippen LogP contribution in [0.25, 0.3) is 0 Å². The molecule has 3 rings (SSSR count). The number of hydrogen-bond donors (Lipinski definition) is 2. The first-order valence-electron chi connectivity index (χ1n) is 7.46. The van der Waals surface area contributed by atoms with Gasteiger partial charge >= 0.3 is 0 Å². The van der Waals surface area contributed by atoms with Crippen molar-refractivity contribution in [1.29, 1.82) is 0 Å². The van der Waals surface area contributed by atoms with Gasteiger partial charge in [0.25, 0.3) is 5.91 Å². The number of ether oxygens (including phenoxy) is 1. The fourth-order valence-electron chi connectivity index (χ4n) is 2.42. The molecular weight excluding hydrogens is 292 g/mol. The van der Waals surface area contributed by atoms with E-state index in [2.05, 4.69) is 10.6 Å². The number of aryl methyl sites for hydroxylation is 2. The van der Waals surface area contributed by atoms with Crippen molar-refractivity contribution in [3.63, 3.8) is 0 Å². The maximum atomic E-state index is 12.1. The number of benzene rings is 2. The fraction of sp³-hybridized carbons (Fsp3) is 0.222. The Balaban J connectivity index is 1.66. The minimum atomic E-state index is -0.823. The van der Waals surface area contributed by atoms with Crippen molar-refractivity contribution in [3.8, 4) is 5.75 Å². The average Bonchev–Trinajstić information content (AvgIpc) is 2.50. The zero-order valence-electron chi connectivity index (χ0n) is 13.1. The van der Waals surface area contributed by atoms with Crippen LogP contribution in [0.15, 0.2) is 42.5 Å². The maximum Gasteiger partial charge on any atom is 0.266 e. The summed E-state index contributed by atoms with van der Waals surface area (Å²) in [4.78, 5) is 24.2. The van der Waals surface area contributed by atoms with E-state index in [9.17, 15) is 9.59 Å². The Morgan fingerprint density at radius 3 is 2.57 bits per heavy atom. The summed E-state index contributed by atoms with van der Waals surface area (Å²) >= 11 is 0. The van der Waals surface area contributed by atoms with Crippen LogP contribution in [-0.2, 0) is 9.59 Å². The van der Waals surface area contributed by atoms with Gasteiger partial charge in [-0.25, -0.2) is 0 Å². The molecule has 1 aliphatic rings. The van der Waals surface area contributed by atoms with Gasteiger partial charge in [0.15, 0.2) is 6.10 Å². The molecule has 1 heterocycles. The summed E-state index contributed by atoms with van der Waals surface area (Å²) in [7, 11) is 0. The van der Waals surface area contributed by atoms with Crippen LogP contribution in [0.2, 0.25) is 0 Å². The van der Waals surface area contributed by atoms with E-state index in [1.807, 2.05) is 50.2 Å². The number of rotatable bonds is 3. The highest BCUT2D eigenvalue weighted by Crippen LogP contribution is 2.31. The molecule has 0 saturated heterocycles. The van der Waals surface area contributed by atoms with E-state index in [1.165, 1.54) is 0 Å². The summed E-state index contributed by atoms with van der Waals surface area (Å²) in [6.07, 6.45) is -0.858. The zero-order valence-corrected chi connectivity index (χ0v) is 13.1. The van der Waals surface area contributed by atoms with Gasteiger partial charge < -0.3 is 15.4 Å². The summed E-state index contributed by atoms with van der Waals surface area (Å²) < 4.78 is 5.65. The topological polar surface area (TPSA) is 67.4 Å². The largest absolute Gasteiger partial charge is 0.478 e. The van der Waals surface area contributed by atoms with Gasteiger partial charge in [-0.2, -0.15) is 0 Å². The average molecular weight is 310 g/mol. The van der Waals surface area contributed by atoms with Crippen LogP contribution in [0.5, 0.6) is 5.75 Å². The van der Waals surface area contributed by atoms with Crippen LogP contribution in [-0.4, -0.2) is 17.9 Å².